The number of aromatic nitrogens is 4. The van der Waals surface area contributed by atoms with Crippen LogP contribution in [-0.4, -0.2) is 134 Å². The number of phosphoric ester groups is 3. The van der Waals surface area contributed by atoms with Crippen LogP contribution in [0.25, 0.3) is 11.2 Å². The summed E-state index contributed by atoms with van der Waals surface area (Å²) in [5.74, 6) is -1.25. The SMILES string of the molecule is CC[C@H](O)CC(=O)SCCNC(=O)CCNC(=O)[C@H](O)C(C)(C)COP(=O)(O)OP(=O)(O)OC[C@H]1O[C@@H](n2cnc3c(N)ncnc32)[C@H](O)[C@@H]1OP(=O)(O)O. The molecule has 3 rings (SSSR count). The molecule has 1 aliphatic heterocycles. The number of nitrogens with zero attached hydrogens (tertiary/aromatic N) is 4. The van der Waals surface area contributed by atoms with E-state index in [1.54, 1.807) is 6.92 Å². The number of nitrogen functional groups attached to an aromatic ring is 1. The molecule has 0 aromatic carbocycles. The quantitative estimate of drug-likeness (QED) is 0.0492. The van der Waals surface area contributed by atoms with E-state index in [-0.39, 0.29) is 53.8 Å². The highest BCUT2D eigenvalue weighted by molar-refractivity contribution is 8.13. The number of carbonyl (C=O) groups excluding carboxylic acids is 3. The number of anilines is 1. The molecule has 3 heterocycles. The molecule has 0 bridgehead atoms. The van der Waals surface area contributed by atoms with Gasteiger partial charge in [0.05, 0.1) is 25.6 Å². The van der Waals surface area contributed by atoms with Crippen LogP contribution in [0, 0.1) is 5.41 Å². The molecule has 11 N–H and O–H groups in total. The van der Waals surface area contributed by atoms with Crippen LogP contribution in [0.5, 0.6) is 0 Å². The molecule has 29 heteroatoms. The molecule has 1 fully saturated rings. The van der Waals surface area contributed by atoms with Gasteiger partial charge >= 0.3 is 23.5 Å². The number of ether oxygens (including phenoxy) is 1. The summed E-state index contributed by atoms with van der Waals surface area (Å²) in [6, 6.07) is 0. The van der Waals surface area contributed by atoms with Crippen molar-refractivity contribution in [3.63, 3.8) is 0 Å². The number of imidazole rings is 1. The second kappa shape index (κ2) is 19.8. The third-order valence-corrected chi connectivity index (χ3v) is 11.6. The Morgan fingerprint density at radius 1 is 1.05 bits per heavy atom. The van der Waals surface area contributed by atoms with E-state index < -0.39 is 90.7 Å². The predicted octanol–water partition coefficient (Wildman–Crippen LogP) is -1.17. The van der Waals surface area contributed by atoms with Gasteiger partial charge in [0.1, 0.15) is 36.3 Å². The van der Waals surface area contributed by atoms with E-state index in [0.717, 1.165) is 29.0 Å². The summed E-state index contributed by atoms with van der Waals surface area (Å²) in [4.78, 5) is 87.1. The molecule has 25 nitrogen and oxygen atoms in total. The van der Waals surface area contributed by atoms with E-state index in [1.807, 2.05) is 0 Å². The van der Waals surface area contributed by atoms with Crippen LogP contribution in [0.4, 0.5) is 5.82 Å². The summed E-state index contributed by atoms with van der Waals surface area (Å²) in [7, 11) is -16.4. The highest BCUT2D eigenvalue weighted by atomic mass is 32.2. The minimum Gasteiger partial charge on any atom is -0.393 e. The molecule has 312 valence electrons. The minimum atomic E-state index is -5.57. The normalized spacial score (nSPS) is 22.4. The van der Waals surface area contributed by atoms with Crippen LogP contribution in [0.2, 0.25) is 0 Å². The van der Waals surface area contributed by atoms with Gasteiger partial charge in [-0.2, -0.15) is 4.31 Å². The van der Waals surface area contributed by atoms with Crippen molar-refractivity contribution in [3.8, 4) is 0 Å². The van der Waals surface area contributed by atoms with Gasteiger partial charge in [0, 0.05) is 37.1 Å². The Kier molecular flexibility index (Phi) is 16.9. The first-order valence-electron chi connectivity index (χ1n) is 16.2. The number of phosphoric acid groups is 3. The molecule has 55 heavy (non-hydrogen) atoms. The van der Waals surface area contributed by atoms with Gasteiger partial charge < -0.3 is 56.0 Å². The molecular formula is C26H44N7O18P3S. The number of nitrogens with two attached hydrogens (primary N) is 1. The summed E-state index contributed by atoms with van der Waals surface area (Å²) < 4.78 is 62.0. The monoisotopic (exact) mass is 867 g/mol. The highest BCUT2D eigenvalue weighted by Crippen LogP contribution is 2.61. The van der Waals surface area contributed by atoms with E-state index in [2.05, 4.69) is 34.4 Å². The van der Waals surface area contributed by atoms with Crippen molar-refractivity contribution in [2.24, 2.45) is 5.41 Å². The molecule has 2 amide bonds. The van der Waals surface area contributed by atoms with Crippen molar-refractivity contribution in [1.82, 2.24) is 30.2 Å². The van der Waals surface area contributed by atoms with Crippen LogP contribution >= 0.6 is 35.2 Å². The number of carbonyl (C=O) groups is 3. The van der Waals surface area contributed by atoms with E-state index in [1.165, 1.54) is 13.8 Å². The highest BCUT2D eigenvalue weighted by Gasteiger charge is 2.50. The third-order valence-electron chi connectivity index (χ3n) is 7.64. The summed E-state index contributed by atoms with van der Waals surface area (Å²) in [6.07, 6.45) is -7.28. The zero-order valence-electron chi connectivity index (χ0n) is 29.5. The Morgan fingerprint density at radius 3 is 2.38 bits per heavy atom. The van der Waals surface area contributed by atoms with Crippen LogP contribution in [0.3, 0.4) is 0 Å². The minimum absolute atomic E-state index is 0.00298. The fraction of sp³-hybridized carbons (Fsp3) is 0.692. The van der Waals surface area contributed by atoms with E-state index in [9.17, 15) is 63.0 Å². The summed E-state index contributed by atoms with van der Waals surface area (Å²) in [5, 5.41) is 35.5. The third kappa shape index (κ3) is 14.4. The van der Waals surface area contributed by atoms with E-state index in [0.29, 0.717) is 6.42 Å². The largest absolute Gasteiger partial charge is 0.481 e. The molecule has 0 spiro atoms. The molecule has 0 aliphatic carbocycles. The zero-order chi connectivity index (χ0) is 41.4. The maximum Gasteiger partial charge on any atom is 0.481 e. The average Bonchev–Trinajstić information content (AvgIpc) is 3.64. The van der Waals surface area contributed by atoms with Gasteiger partial charge in [-0.1, -0.05) is 32.5 Å². The lowest BCUT2D eigenvalue weighted by molar-refractivity contribution is -0.137. The lowest BCUT2D eigenvalue weighted by Gasteiger charge is -2.30. The molecule has 1 saturated heterocycles. The molecule has 8 atom stereocenters. The van der Waals surface area contributed by atoms with Crippen LogP contribution in [0.15, 0.2) is 12.7 Å². The number of aliphatic hydroxyl groups is 3. The molecule has 1 aliphatic rings. The number of hydrogen-bond acceptors (Lipinski definition) is 19. The first-order valence-corrected chi connectivity index (χ1v) is 21.7. The number of thioether (sulfide) groups is 1. The maximum absolute atomic E-state index is 12.7. The molecule has 2 aromatic rings. The number of aliphatic hydroxyl groups excluding tert-OH is 3. The topological polar surface area (TPSA) is 384 Å². The molecule has 0 saturated carbocycles. The second-order valence-electron chi connectivity index (χ2n) is 12.6. The van der Waals surface area contributed by atoms with Gasteiger partial charge in [-0.15, -0.1) is 0 Å². The van der Waals surface area contributed by atoms with Crippen LogP contribution < -0.4 is 16.4 Å². The van der Waals surface area contributed by atoms with Gasteiger partial charge in [-0.05, 0) is 6.42 Å². The fourth-order valence-electron chi connectivity index (χ4n) is 4.69. The molecule has 2 unspecified atom stereocenters. The fourth-order valence-corrected chi connectivity index (χ4v) is 8.26. The van der Waals surface area contributed by atoms with Crippen molar-refractivity contribution in [1.29, 1.82) is 0 Å². The van der Waals surface area contributed by atoms with E-state index in [4.69, 9.17) is 19.5 Å². The van der Waals surface area contributed by atoms with Gasteiger partial charge in [0.15, 0.2) is 22.8 Å². The summed E-state index contributed by atoms with van der Waals surface area (Å²) in [6.45, 7) is 2.11. The zero-order valence-corrected chi connectivity index (χ0v) is 33.0. The number of rotatable bonds is 22. The first-order chi connectivity index (χ1) is 25.4. The van der Waals surface area contributed by atoms with Gasteiger partial charge in [0.25, 0.3) is 0 Å². The lowest BCUT2D eigenvalue weighted by atomic mass is 9.87. The Labute approximate surface area is 317 Å². The predicted molar refractivity (Wildman–Crippen MR) is 188 cm³/mol. The van der Waals surface area contributed by atoms with Crippen LogP contribution in [-0.2, 0) is 50.7 Å². The Hall–Kier alpha value is -2.48. The van der Waals surface area contributed by atoms with Crippen molar-refractivity contribution in [2.75, 3.05) is 37.8 Å². The number of fused-ring (bicyclic) bond motifs is 1. The Morgan fingerprint density at radius 2 is 1.73 bits per heavy atom. The average molecular weight is 868 g/mol. The number of amides is 2. The van der Waals surface area contributed by atoms with Gasteiger partial charge in [-0.3, -0.25) is 32.5 Å². The van der Waals surface area contributed by atoms with E-state index >= 15 is 0 Å². The van der Waals surface area contributed by atoms with Gasteiger partial charge in [0.2, 0.25) is 11.8 Å². The van der Waals surface area contributed by atoms with Crippen molar-refractivity contribution < 1.29 is 85.6 Å². The molecule has 2 aromatic heterocycles. The standard InChI is InChI=1S/C26H44N7O18P3S/c1-4-14(34)9-17(36)55-8-7-28-16(35)5-6-29-24(39)21(38)26(2,3)11-48-54(45,46)51-53(43,44)47-10-15-20(50-52(40,41)42)19(37)25(49-15)33-13-32-18-22(27)30-12-31-23(18)33/h12-15,19-21,25,34,37-38H,4-11H2,1-3H3,(H,28,35)(H,29,39)(H,43,44)(H,45,46)(H2,27,30,31)(H2,40,41,42)/t14-,15+,19+,20+,21-,25+/m0/s1. The Balaban J connectivity index is 1.49. The summed E-state index contributed by atoms with van der Waals surface area (Å²) >= 11 is 0.954. The molecular weight excluding hydrogens is 823 g/mol. The number of hydrogen-bond donors (Lipinski definition) is 10. The smallest absolute Gasteiger partial charge is 0.393 e. The second-order valence-corrected chi connectivity index (χ2v) is 17.9. The lowest BCUT2D eigenvalue weighted by Crippen LogP contribution is -2.46. The number of nitrogens with one attached hydrogen (secondary N) is 2. The van der Waals surface area contributed by atoms with Crippen LogP contribution in [0.1, 0.15) is 46.3 Å². The van der Waals surface area contributed by atoms with Crippen molar-refractivity contribution in [3.05, 3.63) is 12.7 Å². The van der Waals surface area contributed by atoms with Crippen molar-refractivity contribution >= 4 is 69.1 Å². The summed E-state index contributed by atoms with van der Waals surface area (Å²) in [5.41, 5.74) is 4.23. The Bertz CT molecular complexity index is 1800. The molecule has 0 radical (unpaired) electrons. The maximum atomic E-state index is 12.7. The van der Waals surface area contributed by atoms with Crippen molar-refractivity contribution in [2.45, 2.75) is 76.8 Å². The van der Waals surface area contributed by atoms with Gasteiger partial charge in [-0.25, -0.2) is 28.6 Å². The first kappa shape index (κ1) is 46.9.